The van der Waals surface area contributed by atoms with E-state index in [0.29, 0.717) is 5.92 Å². The Labute approximate surface area is 151 Å². The van der Waals surface area contributed by atoms with Crippen molar-refractivity contribution in [3.05, 3.63) is 65.5 Å². The topological polar surface area (TPSA) is 31.9 Å². The van der Waals surface area contributed by atoms with Crippen LogP contribution in [0.5, 0.6) is 0 Å². The van der Waals surface area contributed by atoms with Crippen LogP contribution in [-0.4, -0.2) is 34.7 Å². The number of nitrogens with one attached hydrogen (secondary N) is 1. The molecular weight excluding hydrogens is 306 g/mol. The van der Waals surface area contributed by atoms with Gasteiger partial charge in [0.25, 0.3) is 0 Å². The van der Waals surface area contributed by atoms with Gasteiger partial charge in [0.15, 0.2) is 0 Å². The maximum absolute atomic E-state index is 4.38. The number of aromatic nitrogens is 2. The molecule has 3 heteroatoms. The molecule has 3 nitrogen and oxygen atoms in total. The smallest absolute Gasteiger partial charge is 0.0525 e. The molecule has 1 saturated heterocycles. The lowest BCUT2D eigenvalue weighted by atomic mass is 9.89. The van der Waals surface area contributed by atoms with Gasteiger partial charge in [0.1, 0.15) is 0 Å². The fraction of sp³-hybridized carbons (Fsp3) is 0.500. The van der Waals surface area contributed by atoms with Gasteiger partial charge in [0.2, 0.25) is 0 Å². The van der Waals surface area contributed by atoms with Crippen LogP contribution in [0.3, 0.4) is 0 Å². The maximum Gasteiger partial charge on any atom is 0.0525 e. The molecule has 2 atom stereocenters. The molecule has 2 unspecified atom stereocenters. The van der Waals surface area contributed by atoms with Crippen molar-refractivity contribution in [3.8, 4) is 0 Å². The minimum Gasteiger partial charge on any atom is -0.302 e. The Bertz CT molecular complexity index is 688. The highest BCUT2D eigenvalue weighted by atomic mass is 15.2. The summed E-state index contributed by atoms with van der Waals surface area (Å²) in [5.41, 5.74) is 4.11. The van der Waals surface area contributed by atoms with E-state index in [1.165, 1.54) is 68.6 Å². The number of rotatable bonds is 5. The summed E-state index contributed by atoms with van der Waals surface area (Å²) < 4.78 is 0. The molecule has 1 aliphatic carbocycles. The second-order valence-corrected chi connectivity index (χ2v) is 7.72. The highest BCUT2D eigenvalue weighted by Gasteiger charge is 2.26. The molecule has 2 heterocycles. The van der Waals surface area contributed by atoms with Gasteiger partial charge < -0.3 is 4.90 Å². The first-order chi connectivity index (χ1) is 12.4. The Morgan fingerprint density at radius 3 is 2.88 bits per heavy atom. The molecule has 1 N–H and O–H groups in total. The van der Waals surface area contributed by atoms with Gasteiger partial charge in [-0.25, -0.2) is 0 Å². The van der Waals surface area contributed by atoms with Gasteiger partial charge in [-0.2, -0.15) is 5.10 Å². The average molecular weight is 335 g/mol. The number of likely N-dealkylation sites (tertiary alicyclic amines) is 1. The molecule has 0 bridgehead atoms. The van der Waals surface area contributed by atoms with Gasteiger partial charge in [-0.15, -0.1) is 0 Å². The fourth-order valence-corrected chi connectivity index (χ4v) is 4.48. The number of allylic oxidation sites excluding steroid dienone is 2. The Hall–Kier alpha value is -1.87. The summed E-state index contributed by atoms with van der Waals surface area (Å²) in [7, 11) is 0. The molecule has 0 amide bonds. The molecule has 1 aromatic heterocycles. The van der Waals surface area contributed by atoms with Crippen molar-refractivity contribution in [3.63, 3.8) is 0 Å². The molecule has 2 aliphatic rings. The summed E-state index contributed by atoms with van der Waals surface area (Å²) in [4.78, 5) is 2.70. The van der Waals surface area contributed by atoms with Crippen LogP contribution >= 0.6 is 0 Å². The first kappa shape index (κ1) is 16.6. The van der Waals surface area contributed by atoms with Crippen molar-refractivity contribution in [2.24, 2.45) is 5.92 Å². The quantitative estimate of drug-likeness (QED) is 0.814. The predicted molar refractivity (Wildman–Crippen MR) is 103 cm³/mol. The fourth-order valence-electron chi connectivity index (χ4n) is 4.48. The van der Waals surface area contributed by atoms with Crippen molar-refractivity contribution >= 4 is 0 Å². The first-order valence-corrected chi connectivity index (χ1v) is 9.82. The number of benzene rings is 1. The Kier molecular flexibility index (Phi) is 5.31. The molecule has 1 fully saturated rings. The van der Waals surface area contributed by atoms with Gasteiger partial charge in [-0.1, -0.05) is 42.5 Å². The molecule has 0 spiro atoms. The van der Waals surface area contributed by atoms with Crippen LogP contribution in [0.1, 0.15) is 54.8 Å². The summed E-state index contributed by atoms with van der Waals surface area (Å²) in [6, 6.07) is 10.7. The normalized spacial score (nSPS) is 24.5. The minimum atomic E-state index is 0.606. The number of hydrogen-bond acceptors (Lipinski definition) is 2. The van der Waals surface area contributed by atoms with E-state index in [9.17, 15) is 0 Å². The van der Waals surface area contributed by atoms with E-state index in [1.807, 2.05) is 6.20 Å². The number of nitrogens with zero attached hydrogens (tertiary/aromatic N) is 2. The highest BCUT2D eigenvalue weighted by molar-refractivity contribution is 5.29. The lowest BCUT2D eigenvalue weighted by molar-refractivity contribution is 0.172. The predicted octanol–water partition coefficient (Wildman–Crippen LogP) is 4.54. The minimum absolute atomic E-state index is 0.606. The summed E-state index contributed by atoms with van der Waals surface area (Å²) in [5, 5.41) is 7.71. The standard InChI is InChI=1S/C22H29N3/c1-3-8-18(9-4-1)14-21-15-23-24-22(21)20-12-7-13-25(17-20)16-19-10-5-2-6-11-19/h1-5,8-9,15,19-20H,6-7,10-14,16-17H2,(H,23,24). The molecule has 132 valence electrons. The number of aromatic amines is 1. The molecule has 1 aromatic carbocycles. The lowest BCUT2D eigenvalue weighted by Crippen LogP contribution is -2.38. The van der Waals surface area contributed by atoms with Crippen molar-refractivity contribution in [1.29, 1.82) is 0 Å². The summed E-state index contributed by atoms with van der Waals surface area (Å²) in [6.07, 6.45) is 14.2. The number of hydrogen-bond donors (Lipinski definition) is 1. The number of H-pyrrole nitrogens is 1. The van der Waals surface area contributed by atoms with Crippen molar-refractivity contribution in [2.75, 3.05) is 19.6 Å². The average Bonchev–Trinajstić information content (AvgIpc) is 3.12. The third-order valence-corrected chi connectivity index (χ3v) is 5.80. The Morgan fingerprint density at radius 2 is 2.04 bits per heavy atom. The van der Waals surface area contributed by atoms with Crippen LogP contribution in [0.15, 0.2) is 48.7 Å². The van der Waals surface area contributed by atoms with Crippen LogP contribution in [0, 0.1) is 5.92 Å². The largest absolute Gasteiger partial charge is 0.302 e. The van der Waals surface area contributed by atoms with Gasteiger partial charge >= 0.3 is 0 Å². The van der Waals surface area contributed by atoms with E-state index in [-0.39, 0.29) is 0 Å². The van der Waals surface area contributed by atoms with E-state index in [1.54, 1.807) is 0 Å². The van der Waals surface area contributed by atoms with Crippen LogP contribution in [0.4, 0.5) is 0 Å². The molecular formula is C22H29N3. The summed E-state index contributed by atoms with van der Waals surface area (Å²) in [6.45, 7) is 3.71. The van der Waals surface area contributed by atoms with Crippen LogP contribution < -0.4 is 0 Å². The SMILES string of the molecule is C1=CCC(CN2CCCC(c3[nH]ncc3Cc3ccccc3)C2)CC1. The van der Waals surface area contributed by atoms with E-state index >= 15 is 0 Å². The zero-order valence-corrected chi connectivity index (χ0v) is 15.0. The third-order valence-electron chi connectivity index (χ3n) is 5.80. The van der Waals surface area contributed by atoms with Crippen molar-refractivity contribution in [1.82, 2.24) is 15.1 Å². The second-order valence-electron chi connectivity index (χ2n) is 7.72. The van der Waals surface area contributed by atoms with E-state index in [0.717, 1.165) is 12.3 Å². The maximum atomic E-state index is 4.38. The van der Waals surface area contributed by atoms with Crippen LogP contribution in [0.25, 0.3) is 0 Å². The lowest BCUT2D eigenvalue weighted by Gasteiger charge is -2.35. The highest BCUT2D eigenvalue weighted by Crippen LogP contribution is 2.30. The molecule has 4 rings (SSSR count). The van der Waals surface area contributed by atoms with Crippen LogP contribution in [0.2, 0.25) is 0 Å². The van der Waals surface area contributed by atoms with Crippen LogP contribution in [-0.2, 0) is 6.42 Å². The van der Waals surface area contributed by atoms with E-state index in [4.69, 9.17) is 0 Å². The summed E-state index contributed by atoms with van der Waals surface area (Å²) >= 11 is 0. The van der Waals surface area contributed by atoms with E-state index in [2.05, 4.69) is 57.6 Å². The zero-order chi connectivity index (χ0) is 16.9. The third kappa shape index (κ3) is 4.21. The van der Waals surface area contributed by atoms with Crippen molar-refractivity contribution < 1.29 is 0 Å². The van der Waals surface area contributed by atoms with E-state index < -0.39 is 0 Å². The second kappa shape index (κ2) is 8.01. The van der Waals surface area contributed by atoms with Crippen molar-refractivity contribution in [2.45, 2.75) is 44.4 Å². The Morgan fingerprint density at radius 1 is 1.12 bits per heavy atom. The zero-order valence-electron chi connectivity index (χ0n) is 15.0. The Balaban J connectivity index is 1.41. The number of piperidine rings is 1. The van der Waals surface area contributed by atoms with Gasteiger partial charge in [0, 0.05) is 31.1 Å². The van der Waals surface area contributed by atoms with Gasteiger partial charge in [0.05, 0.1) is 6.20 Å². The summed E-state index contributed by atoms with van der Waals surface area (Å²) in [5.74, 6) is 1.46. The molecule has 1 aliphatic heterocycles. The van der Waals surface area contributed by atoms with Gasteiger partial charge in [-0.05, 0) is 55.7 Å². The molecule has 25 heavy (non-hydrogen) atoms. The molecule has 0 radical (unpaired) electrons. The molecule has 2 aromatic rings. The first-order valence-electron chi connectivity index (χ1n) is 9.82. The molecule has 0 saturated carbocycles. The van der Waals surface area contributed by atoms with Gasteiger partial charge in [-0.3, -0.25) is 5.10 Å². The monoisotopic (exact) mass is 335 g/mol.